The van der Waals surface area contributed by atoms with Gasteiger partial charge in [-0.15, -0.1) is 11.3 Å². The summed E-state index contributed by atoms with van der Waals surface area (Å²) in [6.45, 7) is 4.66. The Kier molecular flexibility index (Phi) is 5.58. The van der Waals surface area contributed by atoms with Crippen LogP contribution < -0.4 is 15.8 Å². The van der Waals surface area contributed by atoms with Crippen LogP contribution in [0.3, 0.4) is 0 Å². The van der Waals surface area contributed by atoms with Crippen molar-refractivity contribution in [1.29, 1.82) is 0 Å². The van der Waals surface area contributed by atoms with Crippen molar-refractivity contribution in [2.45, 2.75) is 20.5 Å². The molecule has 0 saturated carbocycles. The molecule has 1 fully saturated rings. The van der Waals surface area contributed by atoms with Gasteiger partial charge < -0.3 is 25.4 Å². The number of thiophene rings is 1. The van der Waals surface area contributed by atoms with E-state index in [9.17, 15) is 9.59 Å². The number of nitrogen functional groups attached to an aromatic ring is 1. The van der Waals surface area contributed by atoms with Crippen LogP contribution in [0.25, 0.3) is 26.0 Å². The minimum atomic E-state index is -0.332. The number of anilines is 1. The van der Waals surface area contributed by atoms with Crippen LogP contribution in [0, 0.1) is 6.92 Å². The van der Waals surface area contributed by atoms with E-state index in [1.54, 1.807) is 18.4 Å². The van der Waals surface area contributed by atoms with Gasteiger partial charge >= 0.3 is 0 Å². The number of nitrogens with two attached hydrogens (primary N) is 1. The van der Waals surface area contributed by atoms with Crippen LogP contribution >= 0.6 is 11.3 Å². The molecule has 0 atom stereocenters. The van der Waals surface area contributed by atoms with E-state index >= 15 is 0 Å². The van der Waals surface area contributed by atoms with E-state index in [1.165, 1.54) is 15.7 Å². The Hall–Kier alpha value is -3.70. The number of rotatable bonds is 6. The molecule has 176 valence electrons. The fraction of sp³-hybridized carbons (Fsp3) is 0.304. The highest BCUT2D eigenvalue weighted by Crippen LogP contribution is 2.44. The lowest BCUT2D eigenvalue weighted by molar-refractivity contribution is -0.118. The number of carbonyl (C=O) groups excluding carboxylic acids is 2. The third kappa shape index (κ3) is 3.53. The maximum Gasteiger partial charge on any atom is 0.274 e. The summed E-state index contributed by atoms with van der Waals surface area (Å²) in [5.41, 5.74) is 9.65. The summed E-state index contributed by atoms with van der Waals surface area (Å²) in [4.78, 5) is 31.9. The standard InChI is InChI=1S/C23H24N6O4S/c1-4-33-9-14-18(16-7-13-5-12(2)6-15(32-3)21(13)34-16)20-22(24)25-10-27-29(20)19(14)23(31)28-8-17(30)26-11-28/h5-7,10H,4,8-9,11H2,1-3H3,(H,26,30)(H2,24,25,27). The summed E-state index contributed by atoms with van der Waals surface area (Å²) in [6.07, 6.45) is 1.32. The average molecular weight is 481 g/mol. The number of carbonyl (C=O) groups is 2. The van der Waals surface area contributed by atoms with Crippen molar-refractivity contribution in [2.24, 2.45) is 0 Å². The molecule has 1 saturated heterocycles. The van der Waals surface area contributed by atoms with Gasteiger partial charge in [-0.1, -0.05) is 6.07 Å². The maximum atomic E-state index is 13.6. The van der Waals surface area contributed by atoms with Crippen LogP contribution in [0.4, 0.5) is 5.82 Å². The van der Waals surface area contributed by atoms with E-state index in [0.29, 0.717) is 23.4 Å². The van der Waals surface area contributed by atoms with Crippen LogP contribution in [-0.4, -0.2) is 58.2 Å². The van der Waals surface area contributed by atoms with Gasteiger partial charge in [0.1, 0.15) is 29.8 Å². The summed E-state index contributed by atoms with van der Waals surface area (Å²) < 4.78 is 13.9. The number of fused-ring (bicyclic) bond motifs is 2. The summed E-state index contributed by atoms with van der Waals surface area (Å²) >= 11 is 1.54. The average Bonchev–Trinajstić information content (AvgIpc) is 3.51. The highest BCUT2D eigenvalue weighted by Gasteiger charge is 2.33. The molecule has 10 nitrogen and oxygen atoms in total. The van der Waals surface area contributed by atoms with Crippen LogP contribution in [0.15, 0.2) is 24.5 Å². The topological polar surface area (TPSA) is 124 Å². The predicted molar refractivity (Wildman–Crippen MR) is 129 cm³/mol. The second-order valence-electron chi connectivity index (χ2n) is 8.00. The lowest BCUT2D eigenvalue weighted by Gasteiger charge is -2.14. The zero-order chi connectivity index (χ0) is 24.0. The van der Waals surface area contributed by atoms with Crippen LogP contribution in [0.5, 0.6) is 5.75 Å². The van der Waals surface area contributed by atoms with Gasteiger partial charge in [-0.3, -0.25) is 9.59 Å². The Balaban J connectivity index is 1.80. The Morgan fingerprint density at radius 3 is 2.85 bits per heavy atom. The number of methoxy groups -OCH3 is 1. The molecular formula is C23H24N6O4S. The Morgan fingerprint density at radius 1 is 1.32 bits per heavy atom. The van der Waals surface area contributed by atoms with Gasteiger partial charge in [0.2, 0.25) is 5.91 Å². The SMILES string of the molecule is CCOCc1c(-c2cc3cc(C)cc(OC)c3s2)c2c(N)ncnn2c1C(=O)N1CNC(=O)C1. The molecule has 1 aromatic carbocycles. The van der Waals surface area contributed by atoms with E-state index in [0.717, 1.165) is 31.8 Å². The largest absolute Gasteiger partial charge is 0.495 e. The highest BCUT2D eigenvalue weighted by molar-refractivity contribution is 7.22. The zero-order valence-corrected chi connectivity index (χ0v) is 19.9. The number of benzene rings is 1. The maximum absolute atomic E-state index is 13.6. The third-order valence-electron chi connectivity index (χ3n) is 5.79. The first kappa shape index (κ1) is 22.1. The van der Waals surface area contributed by atoms with Crippen molar-refractivity contribution >= 4 is 44.6 Å². The second kappa shape index (κ2) is 8.58. The lowest BCUT2D eigenvalue weighted by atomic mass is 10.1. The molecule has 3 N–H and O–H groups in total. The number of hydrogen-bond acceptors (Lipinski definition) is 8. The first-order chi connectivity index (χ1) is 16.4. The summed E-state index contributed by atoms with van der Waals surface area (Å²) in [6, 6.07) is 6.14. The van der Waals surface area contributed by atoms with Gasteiger partial charge in [-0.05, 0) is 36.9 Å². The van der Waals surface area contributed by atoms with Crippen LogP contribution in [0.2, 0.25) is 0 Å². The van der Waals surface area contributed by atoms with E-state index in [2.05, 4.69) is 27.5 Å². The smallest absolute Gasteiger partial charge is 0.274 e. The first-order valence-electron chi connectivity index (χ1n) is 10.8. The lowest BCUT2D eigenvalue weighted by Crippen LogP contribution is -2.31. The number of nitrogens with one attached hydrogen (secondary N) is 1. The van der Waals surface area contributed by atoms with Gasteiger partial charge in [-0.2, -0.15) is 5.10 Å². The fourth-order valence-electron chi connectivity index (χ4n) is 4.29. The molecule has 1 aliphatic heterocycles. The molecule has 0 aliphatic carbocycles. The minimum absolute atomic E-state index is 0.0184. The van der Waals surface area contributed by atoms with E-state index in [-0.39, 0.29) is 37.5 Å². The molecule has 0 unspecified atom stereocenters. The van der Waals surface area contributed by atoms with Gasteiger partial charge in [0.05, 0.1) is 25.1 Å². The molecule has 4 heterocycles. The van der Waals surface area contributed by atoms with Crippen molar-refractivity contribution in [3.63, 3.8) is 0 Å². The van der Waals surface area contributed by atoms with Gasteiger partial charge in [0.15, 0.2) is 5.82 Å². The second-order valence-corrected chi connectivity index (χ2v) is 9.05. The van der Waals surface area contributed by atoms with E-state index in [1.807, 2.05) is 19.9 Å². The molecule has 0 bridgehead atoms. The Bertz CT molecular complexity index is 1440. The molecule has 2 amide bonds. The summed E-state index contributed by atoms with van der Waals surface area (Å²) in [7, 11) is 1.65. The van der Waals surface area contributed by atoms with Crippen molar-refractivity contribution in [1.82, 2.24) is 24.8 Å². The van der Waals surface area contributed by atoms with E-state index < -0.39 is 0 Å². The van der Waals surface area contributed by atoms with Crippen LogP contribution in [-0.2, 0) is 16.1 Å². The molecule has 11 heteroatoms. The number of ether oxygens (including phenoxy) is 2. The fourth-order valence-corrected chi connectivity index (χ4v) is 5.50. The molecule has 0 radical (unpaired) electrons. The molecular weight excluding hydrogens is 456 g/mol. The number of nitrogens with zero attached hydrogens (tertiary/aromatic N) is 4. The number of hydrogen-bond donors (Lipinski definition) is 2. The molecule has 0 spiro atoms. The van der Waals surface area contributed by atoms with Crippen molar-refractivity contribution in [3.05, 3.63) is 41.3 Å². The Labute approximate surface area is 199 Å². The van der Waals surface area contributed by atoms with Crippen molar-refractivity contribution in [2.75, 3.05) is 32.7 Å². The number of aryl methyl sites for hydroxylation is 1. The van der Waals surface area contributed by atoms with Crippen LogP contribution in [0.1, 0.15) is 28.5 Å². The normalized spacial score (nSPS) is 13.7. The first-order valence-corrected chi connectivity index (χ1v) is 11.6. The van der Waals surface area contributed by atoms with Gasteiger partial charge in [0.25, 0.3) is 5.91 Å². The predicted octanol–water partition coefficient (Wildman–Crippen LogP) is 2.58. The van der Waals surface area contributed by atoms with Crippen molar-refractivity contribution < 1.29 is 19.1 Å². The molecule has 1 aliphatic rings. The van der Waals surface area contributed by atoms with Gasteiger partial charge in [-0.25, -0.2) is 9.50 Å². The number of amides is 2. The quantitative estimate of drug-likeness (QED) is 0.435. The number of aromatic nitrogens is 3. The minimum Gasteiger partial charge on any atom is -0.495 e. The Morgan fingerprint density at radius 2 is 2.15 bits per heavy atom. The van der Waals surface area contributed by atoms with E-state index in [4.69, 9.17) is 15.2 Å². The molecule has 34 heavy (non-hydrogen) atoms. The molecule has 3 aromatic heterocycles. The zero-order valence-electron chi connectivity index (χ0n) is 19.0. The highest BCUT2D eigenvalue weighted by atomic mass is 32.1. The summed E-state index contributed by atoms with van der Waals surface area (Å²) in [5, 5.41) is 8.06. The van der Waals surface area contributed by atoms with Gasteiger partial charge in [0, 0.05) is 22.6 Å². The monoisotopic (exact) mass is 480 g/mol. The molecule has 5 rings (SSSR count). The van der Waals surface area contributed by atoms with Crippen molar-refractivity contribution in [3.8, 4) is 16.2 Å². The third-order valence-corrected chi connectivity index (χ3v) is 6.97. The molecule has 4 aromatic rings. The summed E-state index contributed by atoms with van der Waals surface area (Å²) in [5.74, 6) is 0.491.